The Morgan fingerprint density at radius 1 is 1.03 bits per heavy atom. The van der Waals surface area contributed by atoms with E-state index in [0.717, 1.165) is 6.07 Å². The van der Waals surface area contributed by atoms with E-state index in [-0.39, 0.29) is 16.3 Å². The van der Waals surface area contributed by atoms with E-state index >= 15 is 0 Å². The molecule has 0 unspecified atom stereocenters. The van der Waals surface area contributed by atoms with E-state index in [2.05, 4.69) is 10.0 Å². The average molecular weight is 446 g/mol. The molecular formula is C20H16ClN3O5S. The molecule has 154 valence electrons. The number of aryl methyl sites for hydroxylation is 1. The molecule has 0 saturated heterocycles. The van der Waals surface area contributed by atoms with Gasteiger partial charge >= 0.3 is 0 Å². The molecule has 0 aliphatic carbocycles. The first-order valence-corrected chi connectivity index (χ1v) is 10.5. The summed E-state index contributed by atoms with van der Waals surface area (Å²) >= 11 is 6.02. The molecule has 30 heavy (non-hydrogen) atoms. The number of halogens is 1. The highest BCUT2D eigenvalue weighted by Gasteiger charge is 2.20. The topological polar surface area (TPSA) is 118 Å². The first-order chi connectivity index (χ1) is 14.2. The van der Waals surface area contributed by atoms with Crippen molar-refractivity contribution in [3.63, 3.8) is 0 Å². The number of nitrogens with zero attached hydrogens (tertiary/aromatic N) is 1. The zero-order valence-electron chi connectivity index (χ0n) is 15.6. The lowest BCUT2D eigenvalue weighted by molar-refractivity contribution is -0.385. The van der Waals surface area contributed by atoms with Crippen molar-refractivity contribution in [2.45, 2.75) is 11.8 Å². The molecule has 0 spiro atoms. The second-order valence-corrected chi connectivity index (χ2v) is 8.41. The first kappa shape index (κ1) is 21.3. The number of nitrogens with one attached hydrogen (secondary N) is 2. The standard InChI is InChI=1S/C20H16ClN3O5S/c1-13-6-11-16(12-19(13)24(26)27)30(28,29)23-15-9-7-14(8-10-15)20(25)22-18-5-3-2-4-17(18)21/h2-12,23H,1H3,(H,22,25). The van der Waals surface area contributed by atoms with Crippen LogP contribution in [0.15, 0.2) is 71.6 Å². The second-order valence-electron chi connectivity index (χ2n) is 6.32. The molecule has 3 aromatic rings. The van der Waals surface area contributed by atoms with E-state index in [4.69, 9.17) is 11.6 Å². The minimum absolute atomic E-state index is 0.201. The van der Waals surface area contributed by atoms with Crippen molar-refractivity contribution in [2.75, 3.05) is 10.0 Å². The van der Waals surface area contributed by atoms with Crippen LogP contribution in [0.25, 0.3) is 0 Å². The lowest BCUT2D eigenvalue weighted by atomic mass is 10.2. The van der Waals surface area contributed by atoms with Crippen LogP contribution in [0.3, 0.4) is 0 Å². The first-order valence-electron chi connectivity index (χ1n) is 8.61. The molecule has 0 aromatic heterocycles. The molecule has 0 aliphatic rings. The Hall–Kier alpha value is -3.43. The molecule has 0 bridgehead atoms. The maximum atomic E-state index is 12.6. The molecule has 3 aromatic carbocycles. The predicted octanol–water partition coefficient (Wildman–Crippen LogP) is 4.61. The lowest BCUT2D eigenvalue weighted by Gasteiger charge is -2.10. The van der Waals surface area contributed by atoms with Crippen LogP contribution in [0.4, 0.5) is 17.1 Å². The smallest absolute Gasteiger partial charge is 0.273 e. The molecule has 0 atom stereocenters. The van der Waals surface area contributed by atoms with Gasteiger partial charge in [0.05, 0.1) is 20.5 Å². The van der Waals surface area contributed by atoms with Gasteiger partial charge in [0.15, 0.2) is 0 Å². The van der Waals surface area contributed by atoms with Gasteiger partial charge in [-0.2, -0.15) is 0 Å². The third kappa shape index (κ3) is 4.76. The number of rotatable bonds is 6. The van der Waals surface area contributed by atoms with Crippen LogP contribution >= 0.6 is 11.6 Å². The van der Waals surface area contributed by atoms with E-state index in [0.29, 0.717) is 21.8 Å². The molecule has 3 rings (SSSR count). The maximum absolute atomic E-state index is 12.6. The zero-order chi connectivity index (χ0) is 21.9. The number of anilines is 2. The molecule has 0 radical (unpaired) electrons. The number of carbonyl (C=O) groups is 1. The van der Waals surface area contributed by atoms with Gasteiger partial charge in [0.1, 0.15) is 0 Å². The normalized spacial score (nSPS) is 11.0. The summed E-state index contributed by atoms with van der Waals surface area (Å²) in [4.78, 5) is 22.5. The fraction of sp³-hybridized carbons (Fsp3) is 0.0500. The van der Waals surface area contributed by atoms with Crippen molar-refractivity contribution in [1.29, 1.82) is 0 Å². The predicted molar refractivity (Wildman–Crippen MR) is 114 cm³/mol. The van der Waals surface area contributed by atoms with Crippen LogP contribution in [-0.2, 0) is 10.0 Å². The molecule has 1 amide bonds. The van der Waals surface area contributed by atoms with Crippen molar-refractivity contribution in [3.05, 3.63) is 93.0 Å². The van der Waals surface area contributed by atoms with Crippen LogP contribution in [0.2, 0.25) is 5.02 Å². The van der Waals surface area contributed by atoms with Crippen molar-refractivity contribution in [1.82, 2.24) is 0 Å². The van der Waals surface area contributed by atoms with Gasteiger partial charge in [-0.1, -0.05) is 29.8 Å². The van der Waals surface area contributed by atoms with E-state index in [1.54, 1.807) is 24.3 Å². The summed E-state index contributed by atoms with van der Waals surface area (Å²) in [5, 5.41) is 14.1. The quantitative estimate of drug-likeness (QED) is 0.424. The second kappa shape index (κ2) is 8.52. The van der Waals surface area contributed by atoms with Crippen LogP contribution in [0.1, 0.15) is 15.9 Å². The number of hydrogen-bond donors (Lipinski definition) is 2. The minimum atomic E-state index is -4.05. The van der Waals surface area contributed by atoms with E-state index in [1.165, 1.54) is 43.3 Å². The van der Waals surface area contributed by atoms with E-state index in [1.807, 2.05) is 0 Å². The Morgan fingerprint density at radius 3 is 2.33 bits per heavy atom. The molecule has 0 heterocycles. The highest BCUT2D eigenvalue weighted by atomic mass is 35.5. The van der Waals surface area contributed by atoms with Gasteiger partial charge < -0.3 is 5.32 Å². The monoisotopic (exact) mass is 445 g/mol. The molecule has 8 nitrogen and oxygen atoms in total. The van der Waals surface area contributed by atoms with Crippen LogP contribution < -0.4 is 10.0 Å². The highest BCUT2D eigenvalue weighted by Crippen LogP contribution is 2.25. The molecular weight excluding hydrogens is 430 g/mol. The number of para-hydroxylation sites is 1. The number of nitro benzene ring substituents is 1. The van der Waals surface area contributed by atoms with Crippen molar-refractivity contribution >= 4 is 44.6 Å². The number of amides is 1. The van der Waals surface area contributed by atoms with Gasteiger partial charge in [-0.05, 0) is 49.4 Å². The van der Waals surface area contributed by atoms with Crippen LogP contribution in [0, 0.1) is 17.0 Å². The summed E-state index contributed by atoms with van der Waals surface area (Å²) in [6.07, 6.45) is 0. The summed E-state index contributed by atoms with van der Waals surface area (Å²) in [6.45, 7) is 1.52. The van der Waals surface area contributed by atoms with Gasteiger partial charge in [-0.25, -0.2) is 8.42 Å². The fourth-order valence-electron chi connectivity index (χ4n) is 2.61. The van der Waals surface area contributed by atoms with E-state index in [9.17, 15) is 23.3 Å². The Kier molecular flexibility index (Phi) is 6.04. The molecule has 0 aliphatic heterocycles. The fourth-order valence-corrected chi connectivity index (χ4v) is 3.88. The third-order valence-electron chi connectivity index (χ3n) is 4.21. The van der Waals surface area contributed by atoms with Crippen molar-refractivity contribution in [3.8, 4) is 0 Å². The SMILES string of the molecule is Cc1ccc(S(=O)(=O)Nc2ccc(C(=O)Nc3ccccc3Cl)cc2)cc1[N+](=O)[O-]. The largest absolute Gasteiger partial charge is 0.321 e. The summed E-state index contributed by atoms with van der Waals surface area (Å²) in [6, 6.07) is 16.2. The Balaban J connectivity index is 1.76. The Bertz CT molecular complexity index is 1230. The number of benzene rings is 3. The zero-order valence-corrected chi connectivity index (χ0v) is 17.2. The third-order valence-corrected chi connectivity index (χ3v) is 5.92. The number of hydrogen-bond acceptors (Lipinski definition) is 5. The number of carbonyl (C=O) groups excluding carboxylic acids is 1. The van der Waals surface area contributed by atoms with Gasteiger partial charge in [0.2, 0.25) is 0 Å². The van der Waals surface area contributed by atoms with Crippen molar-refractivity contribution in [2.24, 2.45) is 0 Å². The number of nitro groups is 1. The summed E-state index contributed by atoms with van der Waals surface area (Å²) < 4.78 is 27.5. The molecule has 0 fully saturated rings. The molecule has 10 heteroatoms. The van der Waals surface area contributed by atoms with Gasteiger partial charge in [0.25, 0.3) is 21.6 Å². The highest BCUT2D eigenvalue weighted by molar-refractivity contribution is 7.92. The Morgan fingerprint density at radius 2 is 1.70 bits per heavy atom. The summed E-state index contributed by atoms with van der Waals surface area (Å²) in [7, 11) is -4.05. The summed E-state index contributed by atoms with van der Waals surface area (Å²) in [5.74, 6) is -0.410. The van der Waals surface area contributed by atoms with Gasteiger partial charge in [-0.15, -0.1) is 0 Å². The van der Waals surface area contributed by atoms with Crippen LogP contribution in [0.5, 0.6) is 0 Å². The van der Waals surface area contributed by atoms with Gasteiger partial charge in [0, 0.05) is 22.9 Å². The lowest BCUT2D eigenvalue weighted by Crippen LogP contribution is -2.14. The van der Waals surface area contributed by atoms with E-state index < -0.39 is 20.9 Å². The van der Waals surface area contributed by atoms with Crippen molar-refractivity contribution < 1.29 is 18.1 Å². The molecule has 2 N–H and O–H groups in total. The number of sulfonamides is 1. The van der Waals surface area contributed by atoms with Gasteiger partial charge in [-0.3, -0.25) is 19.6 Å². The minimum Gasteiger partial charge on any atom is -0.321 e. The van der Waals surface area contributed by atoms with Crippen LogP contribution in [-0.4, -0.2) is 19.2 Å². The molecule has 0 saturated carbocycles. The Labute approximate surface area is 177 Å². The maximum Gasteiger partial charge on any atom is 0.273 e. The average Bonchev–Trinajstić information content (AvgIpc) is 2.70. The summed E-state index contributed by atoms with van der Waals surface area (Å²) in [5.41, 5.74) is 1.02.